The Morgan fingerprint density at radius 3 is 3.17 bits per heavy atom. The lowest BCUT2D eigenvalue weighted by Crippen LogP contribution is -2.23. The van der Waals surface area contributed by atoms with Gasteiger partial charge in [-0.25, -0.2) is 0 Å². The van der Waals surface area contributed by atoms with Crippen LogP contribution in [0.4, 0.5) is 0 Å². The summed E-state index contributed by atoms with van der Waals surface area (Å²) in [6, 6.07) is 5.45. The van der Waals surface area contributed by atoms with Gasteiger partial charge < -0.3 is 10.1 Å². The number of carbonyl (C=O) groups is 1. The molecule has 0 saturated heterocycles. The molecule has 0 bridgehead atoms. The molecule has 0 atom stereocenters. The van der Waals surface area contributed by atoms with E-state index >= 15 is 0 Å². The van der Waals surface area contributed by atoms with E-state index in [0.29, 0.717) is 25.3 Å². The molecule has 3 rings (SSSR count). The molecule has 0 saturated carbocycles. The van der Waals surface area contributed by atoms with Gasteiger partial charge in [-0.2, -0.15) is 0 Å². The quantitative estimate of drug-likeness (QED) is 0.819. The van der Waals surface area contributed by atoms with Crippen molar-refractivity contribution in [3.63, 3.8) is 0 Å². The molecular formula is C13H14N2O3. The summed E-state index contributed by atoms with van der Waals surface area (Å²) < 4.78 is 5.65. The van der Waals surface area contributed by atoms with E-state index in [-0.39, 0.29) is 5.91 Å². The number of rotatable bonds is 2. The summed E-state index contributed by atoms with van der Waals surface area (Å²) >= 11 is 0. The van der Waals surface area contributed by atoms with Crippen molar-refractivity contribution in [3.8, 4) is 5.75 Å². The zero-order chi connectivity index (χ0) is 12.5. The van der Waals surface area contributed by atoms with Crippen molar-refractivity contribution in [2.75, 3.05) is 19.8 Å². The van der Waals surface area contributed by atoms with Gasteiger partial charge >= 0.3 is 0 Å². The summed E-state index contributed by atoms with van der Waals surface area (Å²) in [6.07, 6.45) is 0. The molecule has 0 aliphatic carbocycles. The van der Waals surface area contributed by atoms with E-state index in [2.05, 4.69) is 10.8 Å². The molecule has 5 heteroatoms. The smallest absolute Gasteiger partial charge is 0.251 e. The van der Waals surface area contributed by atoms with Gasteiger partial charge in [-0.15, -0.1) is 0 Å². The van der Waals surface area contributed by atoms with E-state index in [9.17, 15) is 4.79 Å². The highest BCUT2D eigenvalue weighted by Gasteiger charge is 2.25. The molecule has 0 aromatic heterocycles. The van der Waals surface area contributed by atoms with E-state index in [1.165, 1.54) is 0 Å². The summed E-state index contributed by atoms with van der Waals surface area (Å²) in [6.45, 7) is 3.56. The zero-order valence-electron chi connectivity index (χ0n) is 10.1. The first-order valence-corrected chi connectivity index (χ1v) is 5.95. The number of ether oxygens (including phenoxy) is 1. The van der Waals surface area contributed by atoms with Crippen LogP contribution in [0.1, 0.15) is 22.8 Å². The normalized spacial score (nSPS) is 16.5. The van der Waals surface area contributed by atoms with Crippen LogP contribution in [0.15, 0.2) is 23.8 Å². The Labute approximate surface area is 105 Å². The molecule has 2 N–H and O–H groups in total. The number of nitrogens with one attached hydrogen (secondary N) is 2. The maximum atomic E-state index is 11.7. The Morgan fingerprint density at radius 2 is 2.33 bits per heavy atom. The van der Waals surface area contributed by atoms with E-state index in [4.69, 9.17) is 9.57 Å². The average Bonchev–Trinajstić information content (AvgIpc) is 2.87. The second-order valence-electron chi connectivity index (χ2n) is 4.23. The zero-order valence-corrected chi connectivity index (χ0v) is 10.1. The number of amides is 1. The third-order valence-corrected chi connectivity index (χ3v) is 3.03. The summed E-state index contributed by atoms with van der Waals surface area (Å²) in [5.41, 5.74) is 6.52. The van der Waals surface area contributed by atoms with E-state index in [1.807, 2.05) is 13.0 Å². The minimum absolute atomic E-state index is 0.0840. The Kier molecular flexibility index (Phi) is 2.68. The van der Waals surface area contributed by atoms with Gasteiger partial charge in [0.2, 0.25) is 0 Å². The molecule has 1 aromatic rings. The fraction of sp³-hybridized carbons (Fsp3) is 0.308. The van der Waals surface area contributed by atoms with Gasteiger partial charge in [0.1, 0.15) is 19.0 Å². The SMILES string of the molecule is CCNC(=O)c1ccc2c(c1)OCC1=C2NOC1. The standard InChI is InChI=1S/C13H14N2O3/c1-2-14-13(16)8-3-4-10-11(5-8)17-6-9-7-18-15-12(9)10/h3-5,15H,2,6-7H2,1H3,(H,14,16). The lowest BCUT2D eigenvalue weighted by molar-refractivity contribution is 0.0955. The predicted molar refractivity (Wildman–Crippen MR) is 66.0 cm³/mol. The Morgan fingerprint density at radius 1 is 1.44 bits per heavy atom. The molecule has 5 nitrogen and oxygen atoms in total. The molecule has 1 amide bonds. The van der Waals surface area contributed by atoms with Crippen molar-refractivity contribution in [3.05, 3.63) is 34.9 Å². The highest BCUT2D eigenvalue weighted by atomic mass is 16.7. The second-order valence-corrected chi connectivity index (χ2v) is 4.23. The van der Waals surface area contributed by atoms with Crippen molar-refractivity contribution in [2.24, 2.45) is 0 Å². The first-order chi connectivity index (χ1) is 8.79. The van der Waals surface area contributed by atoms with E-state index in [0.717, 1.165) is 22.6 Å². The third-order valence-electron chi connectivity index (χ3n) is 3.03. The monoisotopic (exact) mass is 246 g/mol. The molecule has 0 spiro atoms. The maximum Gasteiger partial charge on any atom is 0.251 e. The molecule has 2 aliphatic rings. The van der Waals surface area contributed by atoms with Crippen molar-refractivity contribution in [1.82, 2.24) is 10.8 Å². The molecule has 2 heterocycles. The van der Waals surface area contributed by atoms with Crippen LogP contribution in [0.3, 0.4) is 0 Å². The summed E-state index contributed by atoms with van der Waals surface area (Å²) in [5, 5.41) is 2.77. The highest BCUT2D eigenvalue weighted by Crippen LogP contribution is 2.34. The predicted octanol–water partition coefficient (Wildman–Crippen LogP) is 1.07. The summed E-state index contributed by atoms with van der Waals surface area (Å²) in [7, 11) is 0. The van der Waals surface area contributed by atoms with E-state index < -0.39 is 0 Å². The molecule has 0 fully saturated rings. The average molecular weight is 246 g/mol. The van der Waals surface area contributed by atoms with Gasteiger partial charge in [0.05, 0.1) is 5.70 Å². The van der Waals surface area contributed by atoms with Crippen LogP contribution in [0, 0.1) is 0 Å². The van der Waals surface area contributed by atoms with Gasteiger partial charge in [0.25, 0.3) is 5.91 Å². The fourth-order valence-electron chi connectivity index (χ4n) is 2.12. The Hall–Kier alpha value is -2.01. The number of carbonyl (C=O) groups excluding carboxylic acids is 1. The molecular weight excluding hydrogens is 232 g/mol. The topological polar surface area (TPSA) is 59.6 Å². The lowest BCUT2D eigenvalue weighted by Gasteiger charge is -2.19. The van der Waals surface area contributed by atoms with Crippen LogP contribution < -0.4 is 15.5 Å². The molecule has 94 valence electrons. The Balaban J connectivity index is 1.96. The van der Waals surface area contributed by atoms with Gasteiger partial charge in [-0.1, -0.05) is 0 Å². The van der Waals surface area contributed by atoms with Crippen LogP contribution in [-0.4, -0.2) is 25.7 Å². The Bertz CT molecular complexity index is 537. The summed E-state index contributed by atoms with van der Waals surface area (Å²) in [5.74, 6) is 0.634. The number of hydrogen-bond acceptors (Lipinski definition) is 4. The highest BCUT2D eigenvalue weighted by molar-refractivity contribution is 5.95. The summed E-state index contributed by atoms with van der Waals surface area (Å²) in [4.78, 5) is 16.9. The van der Waals surface area contributed by atoms with Crippen molar-refractivity contribution in [1.29, 1.82) is 0 Å². The first kappa shape index (κ1) is 11.1. The van der Waals surface area contributed by atoms with Crippen molar-refractivity contribution < 1.29 is 14.4 Å². The first-order valence-electron chi connectivity index (χ1n) is 5.95. The largest absolute Gasteiger partial charge is 0.488 e. The molecule has 18 heavy (non-hydrogen) atoms. The molecule has 1 aromatic carbocycles. The van der Waals surface area contributed by atoms with Crippen molar-refractivity contribution in [2.45, 2.75) is 6.92 Å². The van der Waals surface area contributed by atoms with Crippen LogP contribution in [-0.2, 0) is 4.84 Å². The second kappa shape index (κ2) is 4.34. The number of benzene rings is 1. The van der Waals surface area contributed by atoms with Gasteiger partial charge in [0, 0.05) is 23.2 Å². The van der Waals surface area contributed by atoms with Crippen LogP contribution in [0.5, 0.6) is 5.75 Å². The number of fused-ring (bicyclic) bond motifs is 2. The minimum atomic E-state index is -0.0840. The molecule has 0 radical (unpaired) electrons. The van der Waals surface area contributed by atoms with Crippen LogP contribution >= 0.6 is 0 Å². The molecule has 0 unspecified atom stereocenters. The van der Waals surface area contributed by atoms with Crippen LogP contribution in [0.25, 0.3) is 5.70 Å². The van der Waals surface area contributed by atoms with Crippen LogP contribution in [0.2, 0.25) is 0 Å². The molecule has 2 aliphatic heterocycles. The number of hydrogen-bond donors (Lipinski definition) is 2. The number of hydroxylamine groups is 1. The van der Waals surface area contributed by atoms with Crippen molar-refractivity contribution >= 4 is 11.6 Å². The fourth-order valence-corrected chi connectivity index (χ4v) is 2.12. The van der Waals surface area contributed by atoms with Gasteiger partial charge in [-0.05, 0) is 25.1 Å². The van der Waals surface area contributed by atoms with Gasteiger partial charge in [-0.3, -0.25) is 15.1 Å². The maximum absolute atomic E-state index is 11.7. The minimum Gasteiger partial charge on any atom is -0.488 e. The third kappa shape index (κ3) is 1.73. The van der Waals surface area contributed by atoms with Gasteiger partial charge in [0.15, 0.2) is 0 Å². The van der Waals surface area contributed by atoms with E-state index in [1.54, 1.807) is 12.1 Å². The lowest BCUT2D eigenvalue weighted by atomic mass is 10.0.